The molecule has 0 fully saturated rings. The third-order valence-corrected chi connectivity index (χ3v) is 3.35. The number of ketones is 1. The van der Waals surface area contributed by atoms with E-state index in [0.29, 0.717) is 0 Å². The van der Waals surface area contributed by atoms with Crippen LogP contribution in [-0.2, 0) is 4.79 Å². The molecule has 0 aliphatic rings. The minimum absolute atomic E-state index is 0.0481. The van der Waals surface area contributed by atoms with Crippen molar-refractivity contribution in [2.24, 2.45) is 0 Å². The molecular formula is C12H15BrO. The third-order valence-electron chi connectivity index (χ3n) is 2.50. The number of benzene rings is 1. The van der Waals surface area contributed by atoms with Crippen molar-refractivity contribution in [1.82, 2.24) is 0 Å². The Morgan fingerprint density at radius 2 is 2.14 bits per heavy atom. The highest BCUT2D eigenvalue weighted by atomic mass is 79.9. The van der Waals surface area contributed by atoms with Crippen LogP contribution in [0.3, 0.4) is 0 Å². The standard InChI is InChI=1S/C12H15BrO/c1-4-11(9(3)14)10-6-5-8(2)12(13)7-10/h5-7,11H,4H2,1-3H3. The van der Waals surface area contributed by atoms with Crippen molar-refractivity contribution in [3.05, 3.63) is 33.8 Å². The van der Waals surface area contributed by atoms with Crippen molar-refractivity contribution >= 4 is 21.7 Å². The van der Waals surface area contributed by atoms with Gasteiger partial charge in [0.25, 0.3) is 0 Å². The first kappa shape index (κ1) is 11.4. The molecule has 0 saturated heterocycles. The molecule has 0 amide bonds. The van der Waals surface area contributed by atoms with E-state index < -0.39 is 0 Å². The lowest BCUT2D eigenvalue weighted by molar-refractivity contribution is -0.118. The van der Waals surface area contributed by atoms with E-state index in [9.17, 15) is 4.79 Å². The molecule has 0 aliphatic heterocycles. The lowest BCUT2D eigenvalue weighted by Crippen LogP contribution is -2.07. The van der Waals surface area contributed by atoms with Crippen LogP contribution in [0.1, 0.15) is 37.3 Å². The van der Waals surface area contributed by atoms with E-state index in [1.54, 1.807) is 6.92 Å². The monoisotopic (exact) mass is 254 g/mol. The van der Waals surface area contributed by atoms with Crippen molar-refractivity contribution in [3.63, 3.8) is 0 Å². The second-order valence-corrected chi connectivity index (χ2v) is 4.43. The average Bonchev–Trinajstić information content (AvgIpc) is 2.11. The molecule has 0 saturated carbocycles. The molecule has 2 heteroatoms. The molecule has 1 nitrogen and oxygen atoms in total. The molecular weight excluding hydrogens is 240 g/mol. The van der Waals surface area contributed by atoms with Gasteiger partial charge in [0.1, 0.15) is 5.78 Å². The van der Waals surface area contributed by atoms with Gasteiger partial charge in [-0.15, -0.1) is 0 Å². The molecule has 0 bridgehead atoms. The van der Waals surface area contributed by atoms with Crippen LogP contribution >= 0.6 is 15.9 Å². The van der Waals surface area contributed by atoms with E-state index in [1.165, 1.54) is 5.56 Å². The molecule has 0 aliphatic carbocycles. The lowest BCUT2D eigenvalue weighted by atomic mass is 9.92. The van der Waals surface area contributed by atoms with Gasteiger partial charge in [-0.05, 0) is 37.5 Å². The summed E-state index contributed by atoms with van der Waals surface area (Å²) in [5, 5.41) is 0. The fourth-order valence-corrected chi connectivity index (χ4v) is 1.98. The molecule has 0 spiro atoms. The summed E-state index contributed by atoms with van der Waals surface area (Å²) in [6, 6.07) is 6.13. The molecule has 0 heterocycles. The minimum Gasteiger partial charge on any atom is -0.299 e. The number of Topliss-reactive ketones (excluding diaryl/α,β-unsaturated/α-hetero) is 1. The van der Waals surface area contributed by atoms with Crippen molar-refractivity contribution in [1.29, 1.82) is 0 Å². The number of hydrogen-bond donors (Lipinski definition) is 0. The summed E-state index contributed by atoms with van der Waals surface area (Å²) in [5.74, 6) is 0.287. The highest BCUT2D eigenvalue weighted by molar-refractivity contribution is 9.10. The van der Waals surface area contributed by atoms with E-state index in [0.717, 1.165) is 16.5 Å². The highest BCUT2D eigenvalue weighted by Gasteiger charge is 2.14. The van der Waals surface area contributed by atoms with Crippen molar-refractivity contribution < 1.29 is 4.79 Å². The van der Waals surface area contributed by atoms with Crippen molar-refractivity contribution in [2.45, 2.75) is 33.1 Å². The number of halogens is 1. The number of rotatable bonds is 3. The summed E-state index contributed by atoms with van der Waals surface area (Å²) in [7, 11) is 0. The summed E-state index contributed by atoms with van der Waals surface area (Å²) >= 11 is 3.48. The summed E-state index contributed by atoms with van der Waals surface area (Å²) in [6.45, 7) is 5.74. The lowest BCUT2D eigenvalue weighted by Gasteiger charge is -2.12. The van der Waals surface area contributed by atoms with E-state index in [-0.39, 0.29) is 11.7 Å². The Bertz CT molecular complexity index is 344. The molecule has 0 radical (unpaired) electrons. The van der Waals surface area contributed by atoms with E-state index in [4.69, 9.17) is 0 Å². The Labute approximate surface area is 93.7 Å². The SMILES string of the molecule is CCC(C(C)=O)c1ccc(C)c(Br)c1. The fraction of sp³-hybridized carbons (Fsp3) is 0.417. The number of aryl methyl sites for hydroxylation is 1. The quantitative estimate of drug-likeness (QED) is 0.801. The average molecular weight is 255 g/mol. The zero-order valence-corrected chi connectivity index (χ0v) is 10.4. The Morgan fingerprint density at radius 1 is 1.50 bits per heavy atom. The fourth-order valence-electron chi connectivity index (χ4n) is 1.58. The van der Waals surface area contributed by atoms with Gasteiger partial charge < -0.3 is 0 Å². The van der Waals surface area contributed by atoms with Crippen LogP contribution in [-0.4, -0.2) is 5.78 Å². The first-order valence-electron chi connectivity index (χ1n) is 4.82. The van der Waals surface area contributed by atoms with Crippen LogP contribution in [0.25, 0.3) is 0 Å². The van der Waals surface area contributed by atoms with Crippen molar-refractivity contribution in [2.75, 3.05) is 0 Å². The second-order valence-electron chi connectivity index (χ2n) is 3.58. The third kappa shape index (κ3) is 2.44. The number of carbonyl (C=O) groups is 1. The largest absolute Gasteiger partial charge is 0.299 e. The van der Waals surface area contributed by atoms with Gasteiger partial charge in [0.15, 0.2) is 0 Å². The van der Waals surface area contributed by atoms with Crippen LogP contribution in [0.5, 0.6) is 0 Å². The van der Waals surface area contributed by atoms with Gasteiger partial charge >= 0.3 is 0 Å². The molecule has 1 aromatic rings. The molecule has 1 aromatic carbocycles. The minimum atomic E-state index is 0.0481. The molecule has 0 aromatic heterocycles. The van der Waals surface area contributed by atoms with Crippen LogP contribution in [0, 0.1) is 6.92 Å². The normalized spacial score (nSPS) is 12.6. The Morgan fingerprint density at radius 3 is 2.57 bits per heavy atom. The molecule has 1 atom stereocenters. The zero-order valence-electron chi connectivity index (χ0n) is 8.80. The Balaban J connectivity index is 3.06. The van der Waals surface area contributed by atoms with Crippen LogP contribution in [0.15, 0.2) is 22.7 Å². The van der Waals surface area contributed by atoms with Gasteiger partial charge in [0, 0.05) is 10.4 Å². The van der Waals surface area contributed by atoms with E-state index >= 15 is 0 Å². The van der Waals surface area contributed by atoms with Gasteiger partial charge in [-0.3, -0.25) is 4.79 Å². The van der Waals surface area contributed by atoms with Crippen LogP contribution in [0.4, 0.5) is 0 Å². The first-order valence-corrected chi connectivity index (χ1v) is 5.62. The van der Waals surface area contributed by atoms with Gasteiger partial charge in [-0.1, -0.05) is 35.0 Å². The van der Waals surface area contributed by atoms with Crippen LogP contribution in [0.2, 0.25) is 0 Å². The van der Waals surface area contributed by atoms with Gasteiger partial charge in [-0.25, -0.2) is 0 Å². The smallest absolute Gasteiger partial charge is 0.137 e. The predicted molar refractivity (Wildman–Crippen MR) is 62.6 cm³/mol. The van der Waals surface area contributed by atoms with Gasteiger partial charge in [0.05, 0.1) is 0 Å². The number of hydrogen-bond acceptors (Lipinski definition) is 1. The maximum Gasteiger partial charge on any atom is 0.137 e. The Hall–Kier alpha value is -0.630. The summed E-state index contributed by atoms with van der Waals surface area (Å²) in [4.78, 5) is 11.4. The topological polar surface area (TPSA) is 17.1 Å². The first-order chi connectivity index (χ1) is 6.56. The molecule has 1 unspecified atom stereocenters. The van der Waals surface area contributed by atoms with E-state index in [1.807, 2.05) is 32.0 Å². The van der Waals surface area contributed by atoms with Gasteiger partial charge in [0.2, 0.25) is 0 Å². The summed E-state index contributed by atoms with van der Waals surface area (Å²) in [6.07, 6.45) is 0.866. The molecule has 1 rings (SSSR count). The predicted octanol–water partition coefficient (Wildman–Crippen LogP) is 3.84. The van der Waals surface area contributed by atoms with Gasteiger partial charge in [-0.2, -0.15) is 0 Å². The maximum atomic E-state index is 11.4. The molecule has 0 N–H and O–H groups in total. The summed E-state index contributed by atoms with van der Waals surface area (Å²) < 4.78 is 1.08. The second kappa shape index (κ2) is 4.74. The molecule has 76 valence electrons. The van der Waals surface area contributed by atoms with E-state index in [2.05, 4.69) is 15.9 Å². The summed E-state index contributed by atoms with van der Waals surface area (Å²) in [5.41, 5.74) is 2.31. The highest BCUT2D eigenvalue weighted by Crippen LogP contribution is 2.25. The van der Waals surface area contributed by atoms with Crippen LogP contribution < -0.4 is 0 Å². The molecule has 14 heavy (non-hydrogen) atoms. The zero-order chi connectivity index (χ0) is 10.7. The number of carbonyl (C=O) groups excluding carboxylic acids is 1. The Kier molecular flexibility index (Phi) is 3.87. The van der Waals surface area contributed by atoms with Crippen molar-refractivity contribution in [3.8, 4) is 0 Å². The maximum absolute atomic E-state index is 11.4.